The van der Waals surface area contributed by atoms with E-state index in [4.69, 9.17) is 4.42 Å². The molecule has 7 heteroatoms. The minimum absolute atomic E-state index is 0.161. The molecule has 2 N–H and O–H groups in total. The van der Waals surface area contributed by atoms with E-state index >= 15 is 0 Å². The van der Waals surface area contributed by atoms with Gasteiger partial charge < -0.3 is 9.73 Å². The fourth-order valence-corrected chi connectivity index (χ4v) is 2.42. The topological polar surface area (TPSA) is 83.7 Å². The number of hydrogen-bond donors (Lipinski definition) is 2. The zero-order valence-electron chi connectivity index (χ0n) is 13.5. The number of para-hydroxylation sites is 1. The molecule has 130 valence electrons. The van der Waals surface area contributed by atoms with Crippen LogP contribution in [0.1, 0.15) is 26.5 Å². The summed E-state index contributed by atoms with van der Waals surface area (Å²) in [6, 6.07) is 17.3. The van der Waals surface area contributed by atoms with E-state index in [0.717, 1.165) is 10.0 Å². The Hall–Kier alpha value is -3.19. The van der Waals surface area contributed by atoms with Gasteiger partial charge in [-0.1, -0.05) is 40.2 Å². The van der Waals surface area contributed by atoms with Crippen molar-refractivity contribution in [3.63, 3.8) is 0 Å². The molecular formula is C19H14BrN3O3. The molecule has 3 rings (SSSR count). The summed E-state index contributed by atoms with van der Waals surface area (Å²) < 4.78 is 6.01. The van der Waals surface area contributed by atoms with Crippen LogP contribution in [0.2, 0.25) is 0 Å². The normalized spacial score (nSPS) is 10.7. The number of nitrogens with one attached hydrogen (secondary N) is 2. The van der Waals surface area contributed by atoms with E-state index in [0.29, 0.717) is 11.3 Å². The monoisotopic (exact) mass is 411 g/mol. The second-order valence-electron chi connectivity index (χ2n) is 5.23. The predicted octanol–water partition coefficient (Wildman–Crippen LogP) is 4.06. The molecule has 0 aliphatic rings. The highest BCUT2D eigenvalue weighted by atomic mass is 79.9. The van der Waals surface area contributed by atoms with E-state index in [2.05, 4.69) is 31.8 Å². The summed E-state index contributed by atoms with van der Waals surface area (Å²) >= 11 is 3.35. The lowest BCUT2D eigenvalue weighted by Crippen LogP contribution is -2.21. The van der Waals surface area contributed by atoms with E-state index in [1.807, 2.05) is 24.3 Å². The van der Waals surface area contributed by atoms with E-state index in [1.54, 1.807) is 36.4 Å². The number of furan rings is 1. The van der Waals surface area contributed by atoms with E-state index in [-0.39, 0.29) is 5.76 Å². The van der Waals surface area contributed by atoms with Crippen molar-refractivity contribution in [3.05, 3.63) is 88.3 Å². The molecular weight excluding hydrogens is 398 g/mol. The van der Waals surface area contributed by atoms with Gasteiger partial charge in [0.25, 0.3) is 11.8 Å². The van der Waals surface area contributed by atoms with Gasteiger partial charge in [0.15, 0.2) is 5.76 Å². The highest BCUT2D eigenvalue weighted by molar-refractivity contribution is 9.10. The van der Waals surface area contributed by atoms with Gasteiger partial charge in [-0.3, -0.25) is 9.59 Å². The van der Waals surface area contributed by atoms with Crippen LogP contribution in [0.5, 0.6) is 0 Å². The van der Waals surface area contributed by atoms with Crippen LogP contribution in [-0.4, -0.2) is 18.0 Å². The molecule has 0 atom stereocenters. The van der Waals surface area contributed by atoms with Gasteiger partial charge in [-0.2, -0.15) is 5.10 Å². The standard InChI is InChI=1S/C19H14BrN3O3/c20-14-9-7-13(8-10-14)12-21-23-18(24)15-4-1-2-5-16(15)22-19(25)17-6-3-11-26-17/h1-12H,(H,22,25)(H,23,24). The molecule has 0 spiro atoms. The van der Waals surface area contributed by atoms with Crippen LogP contribution in [0.3, 0.4) is 0 Å². The van der Waals surface area contributed by atoms with E-state index in [1.165, 1.54) is 12.5 Å². The number of nitrogens with zero attached hydrogens (tertiary/aromatic N) is 1. The second kappa shape index (κ2) is 8.26. The van der Waals surface area contributed by atoms with Gasteiger partial charge in [-0.05, 0) is 42.0 Å². The van der Waals surface area contributed by atoms with Crippen molar-refractivity contribution in [1.82, 2.24) is 5.43 Å². The van der Waals surface area contributed by atoms with Crippen LogP contribution in [0.25, 0.3) is 0 Å². The molecule has 1 aromatic heterocycles. The SMILES string of the molecule is O=C(Nc1ccccc1C(=O)NN=Cc1ccc(Br)cc1)c1ccco1. The van der Waals surface area contributed by atoms with Crippen molar-refractivity contribution in [1.29, 1.82) is 0 Å². The summed E-state index contributed by atoms with van der Waals surface area (Å²) in [7, 11) is 0. The molecule has 0 aliphatic carbocycles. The molecule has 2 amide bonds. The van der Waals surface area contributed by atoms with Crippen LogP contribution < -0.4 is 10.7 Å². The Kier molecular flexibility index (Phi) is 5.60. The Morgan fingerprint density at radius 2 is 1.73 bits per heavy atom. The van der Waals surface area contributed by atoms with Crippen LogP contribution in [0.15, 0.2) is 80.9 Å². The van der Waals surface area contributed by atoms with Gasteiger partial charge in [0.2, 0.25) is 0 Å². The van der Waals surface area contributed by atoms with E-state index in [9.17, 15) is 9.59 Å². The van der Waals surface area contributed by atoms with Crippen LogP contribution in [0.4, 0.5) is 5.69 Å². The van der Waals surface area contributed by atoms with Gasteiger partial charge in [-0.15, -0.1) is 0 Å². The van der Waals surface area contributed by atoms with Crippen molar-refractivity contribution in [2.45, 2.75) is 0 Å². The van der Waals surface area contributed by atoms with Gasteiger partial charge in [0, 0.05) is 4.47 Å². The number of hydrazone groups is 1. The number of hydrogen-bond acceptors (Lipinski definition) is 4. The summed E-state index contributed by atoms with van der Waals surface area (Å²) in [6.07, 6.45) is 2.94. The molecule has 0 fully saturated rings. The molecule has 0 radical (unpaired) electrons. The van der Waals surface area contributed by atoms with Gasteiger partial charge in [0.1, 0.15) is 0 Å². The zero-order chi connectivity index (χ0) is 18.4. The molecule has 0 aliphatic heterocycles. The first-order valence-corrected chi connectivity index (χ1v) is 8.45. The first-order valence-electron chi connectivity index (χ1n) is 7.66. The van der Waals surface area contributed by atoms with Crippen LogP contribution in [0, 0.1) is 0 Å². The third-order valence-corrected chi connectivity index (χ3v) is 3.94. The maximum Gasteiger partial charge on any atom is 0.291 e. The number of halogens is 1. The summed E-state index contributed by atoms with van der Waals surface area (Å²) in [5, 5.41) is 6.60. The minimum Gasteiger partial charge on any atom is -0.459 e. The van der Waals surface area contributed by atoms with Crippen molar-refractivity contribution in [3.8, 4) is 0 Å². The maximum absolute atomic E-state index is 12.4. The Balaban J connectivity index is 1.69. The zero-order valence-corrected chi connectivity index (χ0v) is 15.1. The Bertz CT molecular complexity index is 935. The van der Waals surface area contributed by atoms with Gasteiger partial charge in [-0.25, -0.2) is 5.43 Å². The largest absolute Gasteiger partial charge is 0.459 e. The molecule has 0 bridgehead atoms. The van der Waals surface area contributed by atoms with Crippen molar-refractivity contribution in [2.24, 2.45) is 5.10 Å². The fourth-order valence-electron chi connectivity index (χ4n) is 2.16. The third-order valence-electron chi connectivity index (χ3n) is 3.41. The van der Waals surface area contributed by atoms with Gasteiger partial charge in [0.05, 0.1) is 23.7 Å². The van der Waals surface area contributed by atoms with Crippen molar-refractivity contribution in [2.75, 3.05) is 5.32 Å². The Morgan fingerprint density at radius 1 is 0.962 bits per heavy atom. The van der Waals surface area contributed by atoms with Crippen LogP contribution >= 0.6 is 15.9 Å². The highest BCUT2D eigenvalue weighted by Crippen LogP contribution is 2.16. The molecule has 26 heavy (non-hydrogen) atoms. The average Bonchev–Trinajstić information content (AvgIpc) is 3.18. The molecule has 6 nitrogen and oxygen atoms in total. The second-order valence-corrected chi connectivity index (χ2v) is 6.14. The predicted molar refractivity (Wildman–Crippen MR) is 102 cm³/mol. The number of benzene rings is 2. The summed E-state index contributed by atoms with van der Waals surface area (Å²) in [5.41, 5.74) is 3.95. The lowest BCUT2D eigenvalue weighted by Gasteiger charge is -2.08. The third kappa shape index (κ3) is 4.46. The molecule has 0 saturated carbocycles. The lowest BCUT2D eigenvalue weighted by atomic mass is 10.1. The smallest absolute Gasteiger partial charge is 0.291 e. The first-order chi connectivity index (χ1) is 12.6. The maximum atomic E-state index is 12.4. The number of rotatable bonds is 5. The van der Waals surface area contributed by atoms with Crippen molar-refractivity contribution >= 4 is 39.6 Å². The number of carbonyl (C=O) groups excluding carboxylic acids is 2. The summed E-state index contributed by atoms with van der Waals surface area (Å²) in [6.45, 7) is 0. The molecule has 0 unspecified atom stereocenters. The van der Waals surface area contributed by atoms with Gasteiger partial charge >= 0.3 is 0 Å². The fraction of sp³-hybridized carbons (Fsp3) is 0. The molecule has 0 saturated heterocycles. The highest BCUT2D eigenvalue weighted by Gasteiger charge is 2.14. The van der Waals surface area contributed by atoms with Crippen molar-refractivity contribution < 1.29 is 14.0 Å². The first kappa shape index (κ1) is 17.6. The Morgan fingerprint density at radius 3 is 2.46 bits per heavy atom. The average molecular weight is 412 g/mol. The summed E-state index contributed by atoms with van der Waals surface area (Å²) in [5.74, 6) is -0.712. The van der Waals surface area contributed by atoms with E-state index < -0.39 is 11.8 Å². The number of amides is 2. The molecule has 3 aromatic rings. The number of anilines is 1. The molecule has 1 heterocycles. The number of carbonyl (C=O) groups is 2. The Labute approximate surface area is 158 Å². The molecule has 2 aromatic carbocycles. The summed E-state index contributed by atoms with van der Waals surface area (Å²) in [4.78, 5) is 24.5. The lowest BCUT2D eigenvalue weighted by molar-refractivity contribution is 0.0956. The van der Waals surface area contributed by atoms with Crippen LogP contribution in [-0.2, 0) is 0 Å². The quantitative estimate of drug-likeness (QED) is 0.490. The minimum atomic E-state index is -0.436.